The van der Waals surface area contributed by atoms with Crippen molar-refractivity contribution in [3.8, 4) is 0 Å². The number of carbonyl (C=O) groups is 1. The van der Waals surface area contributed by atoms with Gasteiger partial charge in [-0.1, -0.05) is 18.2 Å². The maximum absolute atomic E-state index is 11.0. The van der Waals surface area contributed by atoms with Gasteiger partial charge in [0.1, 0.15) is 0 Å². The zero-order chi connectivity index (χ0) is 13.1. The Bertz CT molecular complexity index is 408. The second kappa shape index (κ2) is 5.40. The van der Waals surface area contributed by atoms with E-state index < -0.39 is 5.97 Å². The van der Waals surface area contributed by atoms with Crippen molar-refractivity contribution in [3.05, 3.63) is 30.3 Å². The van der Waals surface area contributed by atoms with E-state index in [1.807, 2.05) is 25.2 Å². The first-order chi connectivity index (χ1) is 8.59. The molecule has 0 radical (unpaired) electrons. The molecule has 4 heteroatoms. The van der Waals surface area contributed by atoms with E-state index in [-0.39, 0.29) is 18.5 Å². The Labute approximate surface area is 108 Å². The van der Waals surface area contributed by atoms with Crippen LogP contribution in [-0.2, 0) is 4.79 Å². The molecule has 1 aliphatic rings. The lowest BCUT2D eigenvalue weighted by atomic mass is 9.99. The second-order valence-corrected chi connectivity index (χ2v) is 4.92. The Kier molecular flexibility index (Phi) is 3.87. The average Bonchev–Trinajstić information content (AvgIpc) is 2.35. The zero-order valence-corrected chi connectivity index (χ0v) is 10.9. The summed E-state index contributed by atoms with van der Waals surface area (Å²) in [5.74, 6) is -0.728. The summed E-state index contributed by atoms with van der Waals surface area (Å²) in [4.78, 5) is 15.4. The molecule has 0 aromatic heterocycles. The summed E-state index contributed by atoms with van der Waals surface area (Å²) in [5, 5.41) is 9.01. The number of carboxylic acids is 1. The van der Waals surface area contributed by atoms with Crippen LogP contribution in [0, 0.1) is 0 Å². The number of benzene rings is 1. The Morgan fingerprint density at radius 3 is 2.61 bits per heavy atom. The van der Waals surface area contributed by atoms with Crippen LogP contribution in [0.25, 0.3) is 0 Å². The van der Waals surface area contributed by atoms with Crippen LogP contribution < -0.4 is 4.90 Å². The summed E-state index contributed by atoms with van der Waals surface area (Å²) in [5.41, 5.74) is 1.17. The molecule has 1 aromatic carbocycles. The third kappa shape index (κ3) is 2.64. The second-order valence-electron chi connectivity index (χ2n) is 4.92. The first-order valence-corrected chi connectivity index (χ1v) is 6.33. The number of piperazine rings is 1. The van der Waals surface area contributed by atoms with Crippen LogP contribution in [0.1, 0.15) is 13.3 Å². The molecule has 1 aliphatic heterocycles. The van der Waals surface area contributed by atoms with Gasteiger partial charge >= 0.3 is 5.97 Å². The van der Waals surface area contributed by atoms with Crippen molar-refractivity contribution in [1.82, 2.24) is 4.90 Å². The van der Waals surface area contributed by atoms with Gasteiger partial charge in [-0.25, -0.2) is 0 Å². The van der Waals surface area contributed by atoms with Crippen LogP contribution in [0.2, 0.25) is 0 Å². The maximum Gasteiger partial charge on any atom is 0.305 e. The maximum atomic E-state index is 11.0. The summed E-state index contributed by atoms with van der Waals surface area (Å²) in [6, 6.07) is 10.5. The average molecular weight is 248 g/mol. The van der Waals surface area contributed by atoms with E-state index >= 15 is 0 Å². The van der Waals surface area contributed by atoms with Gasteiger partial charge < -0.3 is 10.0 Å². The predicted octanol–water partition coefficient (Wildman–Crippen LogP) is 1.67. The minimum atomic E-state index is -0.728. The number of hydrogen-bond donors (Lipinski definition) is 1. The van der Waals surface area contributed by atoms with E-state index in [1.54, 1.807) is 0 Å². The monoisotopic (exact) mass is 248 g/mol. The molecule has 1 fully saturated rings. The van der Waals surface area contributed by atoms with Crippen LogP contribution in [-0.4, -0.2) is 48.2 Å². The number of para-hydroxylation sites is 1. The first kappa shape index (κ1) is 12.9. The fraction of sp³-hybridized carbons (Fsp3) is 0.500. The van der Waals surface area contributed by atoms with Gasteiger partial charge in [-0.2, -0.15) is 0 Å². The highest BCUT2D eigenvalue weighted by atomic mass is 16.4. The van der Waals surface area contributed by atoms with Crippen molar-refractivity contribution < 1.29 is 9.90 Å². The van der Waals surface area contributed by atoms with Gasteiger partial charge in [-0.05, 0) is 26.1 Å². The topological polar surface area (TPSA) is 43.8 Å². The lowest BCUT2D eigenvalue weighted by Crippen LogP contribution is -2.57. The van der Waals surface area contributed by atoms with E-state index in [2.05, 4.69) is 28.9 Å². The standard InChI is InChI=1S/C14H20N2O2/c1-11-13(10-14(17)18)15(2)8-9-16(11)12-6-4-3-5-7-12/h3-7,11,13H,8-10H2,1-2H3,(H,17,18)/t11-,13-/m1/s1. The molecule has 1 saturated heterocycles. The SMILES string of the molecule is C[C@@H]1[C@@H](CC(=O)O)N(C)CCN1c1ccccc1. The third-order valence-corrected chi connectivity index (χ3v) is 3.78. The molecule has 18 heavy (non-hydrogen) atoms. The molecular weight excluding hydrogens is 228 g/mol. The minimum Gasteiger partial charge on any atom is -0.481 e. The van der Waals surface area contributed by atoms with E-state index in [0.717, 1.165) is 13.1 Å². The van der Waals surface area contributed by atoms with Crippen molar-refractivity contribution in [1.29, 1.82) is 0 Å². The molecule has 0 spiro atoms. The van der Waals surface area contributed by atoms with E-state index in [0.29, 0.717) is 0 Å². The van der Waals surface area contributed by atoms with Crippen molar-refractivity contribution in [3.63, 3.8) is 0 Å². The fourth-order valence-electron chi connectivity index (χ4n) is 2.70. The zero-order valence-electron chi connectivity index (χ0n) is 10.9. The number of rotatable bonds is 3. The molecule has 0 amide bonds. The molecule has 2 atom stereocenters. The summed E-state index contributed by atoms with van der Waals surface area (Å²) in [7, 11) is 2.01. The van der Waals surface area contributed by atoms with Crippen LogP contribution in [0.15, 0.2) is 30.3 Å². The molecule has 98 valence electrons. The summed E-state index contributed by atoms with van der Waals surface area (Å²) in [6.07, 6.45) is 0.195. The quantitative estimate of drug-likeness (QED) is 0.883. The molecule has 0 bridgehead atoms. The van der Waals surface area contributed by atoms with Gasteiger partial charge in [0.15, 0.2) is 0 Å². The smallest absolute Gasteiger partial charge is 0.305 e. The predicted molar refractivity (Wildman–Crippen MR) is 71.9 cm³/mol. The number of anilines is 1. The molecule has 2 rings (SSSR count). The lowest BCUT2D eigenvalue weighted by Gasteiger charge is -2.45. The van der Waals surface area contributed by atoms with Gasteiger partial charge in [-0.3, -0.25) is 9.69 Å². The van der Waals surface area contributed by atoms with Crippen LogP contribution in [0.3, 0.4) is 0 Å². The van der Waals surface area contributed by atoms with E-state index in [1.165, 1.54) is 5.69 Å². The fourth-order valence-corrected chi connectivity index (χ4v) is 2.70. The minimum absolute atomic E-state index is 0.0662. The molecule has 1 heterocycles. The molecule has 4 nitrogen and oxygen atoms in total. The summed E-state index contributed by atoms with van der Waals surface area (Å²) in [6.45, 7) is 3.95. The number of likely N-dealkylation sites (N-methyl/N-ethyl adjacent to an activating group) is 1. The van der Waals surface area contributed by atoms with E-state index in [4.69, 9.17) is 5.11 Å². The number of carboxylic acid groups (broad SMARTS) is 1. The van der Waals surface area contributed by atoms with Gasteiger partial charge in [-0.15, -0.1) is 0 Å². The molecule has 1 aromatic rings. The Balaban J connectivity index is 2.17. The highest BCUT2D eigenvalue weighted by Crippen LogP contribution is 2.24. The third-order valence-electron chi connectivity index (χ3n) is 3.78. The highest BCUT2D eigenvalue weighted by Gasteiger charge is 2.33. The molecule has 1 N–H and O–H groups in total. The number of hydrogen-bond acceptors (Lipinski definition) is 3. The Hall–Kier alpha value is -1.55. The van der Waals surface area contributed by atoms with Gasteiger partial charge in [0.25, 0.3) is 0 Å². The van der Waals surface area contributed by atoms with Gasteiger partial charge in [0, 0.05) is 30.9 Å². The molecule has 0 aliphatic carbocycles. The molecule has 0 saturated carbocycles. The summed E-state index contributed by atoms with van der Waals surface area (Å²) < 4.78 is 0. The first-order valence-electron chi connectivity index (χ1n) is 6.33. The van der Waals surface area contributed by atoms with Gasteiger partial charge in [0.2, 0.25) is 0 Å². The van der Waals surface area contributed by atoms with Crippen molar-refractivity contribution in [2.24, 2.45) is 0 Å². The lowest BCUT2D eigenvalue weighted by molar-refractivity contribution is -0.138. The van der Waals surface area contributed by atoms with Gasteiger partial charge in [0.05, 0.1) is 6.42 Å². The Morgan fingerprint density at radius 2 is 2.00 bits per heavy atom. The Morgan fingerprint density at radius 1 is 1.33 bits per heavy atom. The molecular formula is C14H20N2O2. The van der Waals surface area contributed by atoms with Crippen molar-refractivity contribution in [2.75, 3.05) is 25.0 Å². The van der Waals surface area contributed by atoms with Crippen LogP contribution >= 0.6 is 0 Å². The number of aliphatic carboxylic acids is 1. The normalized spacial score (nSPS) is 25.1. The number of nitrogens with zero attached hydrogens (tertiary/aromatic N) is 2. The van der Waals surface area contributed by atoms with Crippen molar-refractivity contribution in [2.45, 2.75) is 25.4 Å². The van der Waals surface area contributed by atoms with E-state index in [9.17, 15) is 4.79 Å². The highest BCUT2D eigenvalue weighted by molar-refractivity contribution is 5.68. The van der Waals surface area contributed by atoms with Crippen LogP contribution in [0.5, 0.6) is 0 Å². The largest absolute Gasteiger partial charge is 0.481 e. The summed E-state index contributed by atoms with van der Waals surface area (Å²) >= 11 is 0. The van der Waals surface area contributed by atoms with Crippen LogP contribution in [0.4, 0.5) is 5.69 Å². The van der Waals surface area contributed by atoms with Crippen molar-refractivity contribution >= 4 is 11.7 Å². The molecule has 0 unspecified atom stereocenters.